The molecular formula is C16H20Cl2N2O3. The number of rotatable bonds is 7. The van der Waals surface area contributed by atoms with Crippen LogP contribution in [0.5, 0.6) is 0 Å². The Morgan fingerprint density at radius 1 is 1.00 bits per heavy atom. The zero-order valence-corrected chi connectivity index (χ0v) is 13.9. The van der Waals surface area contributed by atoms with Crippen LogP contribution < -0.4 is 11.6 Å². The van der Waals surface area contributed by atoms with Gasteiger partial charge in [0.25, 0.3) is 0 Å². The van der Waals surface area contributed by atoms with Crippen molar-refractivity contribution in [2.45, 2.75) is 12.1 Å². The summed E-state index contributed by atoms with van der Waals surface area (Å²) < 4.78 is 12.2. The number of hydrogen-bond donors (Lipinski definition) is 2. The lowest BCUT2D eigenvalue weighted by Gasteiger charge is -2.20. The molecule has 126 valence electrons. The Labute approximate surface area is 149 Å². The van der Waals surface area contributed by atoms with Crippen LogP contribution >= 0.6 is 24.8 Å². The largest absolute Gasteiger partial charge is 0.451 e. The Hall–Kier alpha value is -1.63. The number of nitrogens with two attached hydrogens (primary N) is 2. The summed E-state index contributed by atoms with van der Waals surface area (Å²) in [6, 6.07) is 17.9. The van der Waals surface area contributed by atoms with Crippen molar-refractivity contribution in [2.24, 2.45) is 11.6 Å². The molecule has 0 saturated carbocycles. The van der Waals surface area contributed by atoms with Crippen molar-refractivity contribution in [3.05, 3.63) is 71.8 Å². The summed E-state index contributed by atoms with van der Waals surface area (Å²) >= 11 is 0. The molecule has 0 saturated heterocycles. The maximum atomic E-state index is 12.1. The molecule has 0 radical (unpaired) electrons. The van der Waals surface area contributed by atoms with Crippen LogP contribution in [0.3, 0.4) is 0 Å². The van der Waals surface area contributed by atoms with E-state index in [1.807, 2.05) is 60.7 Å². The van der Waals surface area contributed by atoms with Crippen molar-refractivity contribution >= 4 is 30.8 Å². The molecule has 23 heavy (non-hydrogen) atoms. The highest BCUT2D eigenvalue weighted by atomic mass is 35.5. The molecule has 1 atom stereocenters. The third-order valence-corrected chi connectivity index (χ3v) is 3.00. The van der Waals surface area contributed by atoms with Gasteiger partial charge < -0.3 is 15.3 Å². The lowest BCUT2D eigenvalue weighted by atomic mass is 10.0. The molecule has 0 heterocycles. The zero-order valence-electron chi connectivity index (χ0n) is 13.3. The molecule has 0 bridgehead atoms. The molecule has 0 aliphatic heterocycles. The van der Waals surface area contributed by atoms with E-state index in [4.69, 9.17) is 11.9 Å². The highest BCUT2D eigenvalue weighted by Crippen LogP contribution is 2.26. The van der Waals surface area contributed by atoms with Crippen molar-refractivity contribution in [3.8, 4) is 0 Å². The minimum atomic E-state index is -0.965. The number of benzene rings is 2. The van der Waals surface area contributed by atoms with E-state index in [1.165, 1.54) is 0 Å². The van der Waals surface area contributed by atoms with Crippen LogP contribution in [-0.4, -0.2) is 18.6 Å². The summed E-state index contributed by atoms with van der Waals surface area (Å²) in [6.07, 6.45) is -0.537. The average molecular weight is 360 g/mol. The summed E-state index contributed by atoms with van der Waals surface area (Å²) in [4.78, 5) is 16.7. The Balaban J connectivity index is 0.00000264. The minimum Gasteiger partial charge on any atom is -0.451 e. The van der Waals surface area contributed by atoms with Gasteiger partial charge in [0.05, 0.1) is 6.61 Å². The Bertz CT molecular complexity index is 551. The van der Waals surface area contributed by atoms with Gasteiger partial charge in [-0.2, -0.15) is 0 Å². The first kappa shape index (κ1) is 19.4. The Kier molecular flexibility index (Phi) is 9.28. The molecule has 0 spiro atoms. The molecule has 2 rings (SSSR count). The van der Waals surface area contributed by atoms with Crippen molar-refractivity contribution in [1.82, 2.24) is 0 Å². The van der Waals surface area contributed by atoms with E-state index >= 15 is 0 Å². The third-order valence-electron chi connectivity index (χ3n) is 3.00. The maximum absolute atomic E-state index is 12.1. The predicted octanol–water partition coefficient (Wildman–Crippen LogP) is 2.38. The first-order valence-corrected chi connectivity index (χ1v) is 6.57. The fourth-order valence-corrected chi connectivity index (χ4v) is 1.95. The number of carbonyl (C=O) groups excluding carboxylic acids is 1. The molecule has 0 aromatic heterocycles. The van der Waals surface area contributed by atoms with Crippen LogP contribution in [-0.2, 0) is 14.4 Å². The molecule has 2 aromatic carbocycles. The predicted molar refractivity (Wildman–Crippen MR) is 93.4 cm³/mol. The molecule has 0 aliphatic rings. The highest BCUT2D eigenvalue weighted by molar-refractivity contribution is 5.85. The van der Waals surface area contributed by atoms with Crippen LogP contribution in [0.15, 0.2) is 60.7 Å². The van der Waals surface area contributed by atoms with Gasteiger partial charge >= 0.3 is 5.97 Å². The standard InChI is InChI=1S/C16H18N2O3.2ClH/c17-14(11-20-18)16(19)21-15(12-7-3-1-4-8-12)13-9-5-2-6-10-13;;/h1-10,14-15H,11,17-18H2;2*1H/t14-;;/m0../s1/i18D;;. The van der Waals surface area contributed by atoms with E-state index in [1.54, 1.807) is 5.89 Å². The van der Waals surface area contributed by atoms with E-state index < -0.39 is 18.1 Å². The second-order valence-electron chi connectivity index (χ2n) is 4.56. The zero-order chi connectivity index (χ0) is 15.8. The molecule has 0 unspecified atom stereocenters. The molecule has 0 amide bonds. The number of esters is 1. The van der Waals surface area contributed by atoms with Crippen LogP contribution in [0.1, 0.15) is 17.2 Å². The monoisotopic (exact) mass is 359 g/mol. The third kappa shape index (κ3) is 6.17. The van der Waals surface area contributed by atoms with Crippen molar-refractivity contribution < 1.29 is 15.8 Å². The smallest absolute Gasteiger partial charge is 0.326 e. The highest BCUT2D eigenvalue weighted by Gasteiger charge is 2.23. The molecule has 4 N–H and O–H groups in total. The Morgan fingerprint density at radius 3 is 1.91 bits per heavy atom. The number of carbonyl (C=O) groups is 1. The second kappa shape index (κ2) is 11.0. The summed E-state index contributed by atoms with van der Waals surface area (Å²) in [5.41, 5.74) is 7.40. The van der Waals surface area contributed by atoms with Crippen LogP contribution in [0, 0.1) is 0 Å². The van der Waals surface area contributed by atoms with E-state index in [-0.39, 0.29) is 31.4 Å². The van der Waals surface area contributed by atoms with Crippen molar-refractivity contribution in [2.75, 3.05) is 6.61 Å². The molecule has 0 fully saturated rings. The van der Waals surface area contributed by atoms with E-state index in [2.05, 4.69) is 4.84 Å². The minimum absolute atomic E-state index is 0. The lowest BCUT2D eigenvalue weighted by molar-refractivity contribution is -0.150. The average Bonchev–Trinajstić information content (AvgIpc) is 2.58. The quantitative estimate of drug-likeness (QED) is 0.585. The van der Waals surface area contributed by atoms with Gasteiger partial charge in [-0.05, 0) is 11.1 Å². The van der Waals surface area contributed by atoms with Crippen LogP contribution in [0.2, 0.25) is 1.41 Å². The Morgan fingerprint density at radius 2 is 1.48 bits per heavy atom. The van der Waals surface area contributed by atoms with E-state index in [9.17, 15) is 4.79 Å². The van der Waals surface area contributed by atoms with Gasteiger partial charge in [-0.1, -0.05) is 60.7 Å². The topological polar surface area (TPSA) is 87.6 Å². The normalized spacial score (nSPS) is 11.7. The second-order valence-corrected chi connectivity index (χ2v) is 4.56. The SMILES string of the molecule is Cl.Cl.[2H]NOC[C@H](N)C(=O)OC(c1ccccc1)c1ccccc1. The van der Waals surface area contributed by atoms with Gasteiger partial charge in [0.2, 0.25) is 0 Å². The molecule has 0 aliphatic carbocycles. The first-order valence-electron chi connectivity index (χ1n) is 7.07. The maximum Gasteiger partial charge on any atom is 0.326 e. The fraction of sp³-hybridized carbons (Fsp3) is 0.188. The van der Waals surface area contributed by atoms with Gasteiger partial charge in [0.1, 0.15) is 6.04 Å². The van der Waals surface area contributed by atoms with Gasteiger partial charge in [0, 0.05) is 0 Å². The van der Waals surface area contributed by atoms with Gasteiger partial charge in [0.15, 0.2) is 7.52 Å². The molecule has 2 aromatic rings. The summed E-state index contributed by atoms with van der Waals surface area (Å²) in [5.74, 6) is 1.14. The summed E-state index contributed by atoms with van der Waals surface area (Å²) in [5, 5.41) is 0. The summed E-state index contributed by atoms with van der Waals surface area (Å²) in [6.45, 7) is -0.140. The molecular weight excluding hydrogens is 339 g/mol. The van der Waals surface area contributed by atoms with Gasteiger partial charge in [-0.3, -0.25) is 4.79 Å². The number of ether oxygens (including phenoxy) is 1. The van der Waals surface area contributed by atoms with E-state index in [0.717, 1.165) is 11.1 Å². The first-order chi connectivity index (χ1) is 10.7. The van der Waals surface area contributed by atoms with Crippen LogP contribution in [0.4, 0.5) is 0 Å². The van der Waals surface area contributed by atoms with Gasteiger partial charge in [-0.25, -0.2) is 5.89 Å². The van der Waals surface area contributed by atoms with Gasteiger partial charge in [-0.15, -0.1) is 24.8 Å². The number of hydrogen-bond acceptors (Lipinski definition) is 5. The summed E-state index contributed by atoms with van der Waals surface area (Å²) in [7, 11) is 0. The van der Waals surface area contributed by atoms with Crippen molar-refractivity contribution in [3.63, 3.8) is 0 Å². The number of halogens is 2. The molecule has 7 heteroatoms. The van der Waals surface area contributed by atoms with E-state index in [0.29, 0.717) is 0 Å². The fourth-order valence-electron chi connectivity index (χ4n) is 1.95. The lowest BCUT2D eigenvalue weighted by Crippen LogP contribution is -2.38. The molecule has 5 nitrogen and oxygen atoms in total. The van der Waals surface area contributed by atoms with Crippen molar-refractivity contribution in [1.29, 1.82) is 0 Å². The van der Waals surface area contributed by atoms with Crippen LogP contribution in [0.25, 0.3) is 0 Å².